The summed E-state index contributed by atoms with van der Waals surface area (Å²) in [6.07, 6.45) is -12.4. The van der Waals surface area contributed by atoms with Crippen molar-refractivity contribution in [3.63, 3.8) is 0 Å². The van der Waals surface area contributed by atoms with Gasteiger partial charge in [-0.25, -0.2) is 22.4 Å². The Balaban J connectivity index is 5.11. The number of ether oxygens (including phenoxy) is 2. The van der Waals surface area contributed by atoms with E-state index in [9.17, 15) is 79.8 Å². The fraction of sp³-hybridized carbons (Fsp3) is 0.733. The van der Waals surface area contributed by atoms with Gasteiger partial charge in [0.15, 0.2) is 13.2 Å². The predicted octanol–water partition coefficient (Wildman–Crippen LogP) is 5.36. The first-order chi connectivity index (χ1) is 15.3. The molecule has 0 spiro atoms. The molecule has 0 aliphatic carbocycles. The highest BCUT2D eigenvalue weighted by atomic mass is 19.4. The maximum Gasteiger partial charge on any atom is 0.381 e. The normalized spacial score (nSPS) is 14.3. The Labute approximate surface area is 182 Å². The molecule has 0 amide bonds. The molecule has 35 heavy (non-hydrogen) atoms. The van der Waals surface area contributed by atoms with Gasteiger partial charge >= 0.3 is 60.3 Å². The van der Waals surface area contributed by atoms with Gasteiger partial charge in [-0.15, -0.1) is 0 Å². The van der Waals surface area contributed by atoms with Crippen LogP contribution in [-0.4, -0.2) is 73.5 Å². The monoisotopic (exact) mass is 558 g/mol. The fourth-order valence-corrected chi connectivity index (χ4v) is 1.67. The summed E-state index contributed by atoms with van der Waals surface area (Å²) < 4.78 is 210. The van der Waals surface area contributed by atoms with Crippen molar-refractivity contribution < 1.29 is 89.3 Å². The molecule has 0 aromatic carbocycles. The fourth-order valence-electron chi connectivity index (χ4n) is 1.67. The molecule has 0 heterocycles. The van der Waals surface area contributed by atoms with Crippen molar-refractivity contribution in [1.82, 2.24) is 0 Å². The summed E-state index contributed by atoms with van der Waals surface area (Å²) in [6.45, 7) is -3.44. The SMILES string of the molecule is C=C(CC(=O)OCC(F)(F)C(F)(F)C(F)(F)C(F)F)C(=O)OCC(F)(F)C(F)(F)C(F)(F)C(F)F. The largest absolute Gasteiger partial charge is 0.459 e. The Kier molecular flexibility index (Phi) is 9.56. The minimum absolute atomic E-state index is 1.48. The van der Waals surface area contributed by atoms with E-state index in [4.69, 9.17) is 0 Å². The smallest absolute Gasteiger partial charge is 0.381 e. The maximum atomic E-state index is 13.2. The van der Waals surface area contributed by atoms with Crippen LogP contribution in [0.5, 0.6) is 0 Å². The second-order valence-corrected chi connectivity index (χ2v) is 6.42. The molecule has 0 bridgehead atoms. The van der Waals surface area contributed by atoms with Gasteiger partial charge in [0.25, 0.3) is 0 Å². The Hall–Kier alpha value is -2.44. The highest BCUT2D eigenvalue weighted by molar-refractivity contribution is 5.93. The van der Waals surface area contributed by atoms with Crippen LogP contribution in [0, 0.1) is 0 Å². The maximum absolute atomic E-state index is 13.2. The molecule has 0 radical (unpaired) electrons. The second kappa shape index (κ2) is 10.3. The van der Waals surface area contributed by atoms with Gasteiger partial charge in [0.05, 0.1) is 6.42 Å². The summed E-state index contributed by atoms with van der Waals surface area (Å²) in [7, 11) is 0. The van der Waals surface area contributed by atoms with Gasteiger partial charge < -0.3 is 9.47 Å². The third-order valence-electron chi connectivity index (χ3n) is 3.75. The average molecular weight is 558 g/mol. The highest BCUT2D eigenvalue weighted by Gasteiger charge is 2.76. The third kappa shape index (κ3) is 6.42. The van der Waals surface area contributed by atoms with Crippen molar-refractivity contribution >= 4 is 11.9 Å². The van der Waals surface area contributed by atoms with E-state index in [-0.39, 0.29) is 0 Å². The topological polar surface area (TPSA) is 52.6 Å². The highest BCUT2D eigenvalue weighted by Crippen LogP contribution is 2.49. The predicted molar refractivity (Wildman–Crippen MR) is 77.4 cm³/mol. The summed E-state index contributed by atoms with van der Waals surface area (Å²) >= 11 is 0. The molecule has 0 saturated heterocycles. The van der Waals surface area contributed by atoms with Gasteiger partial charge in [-0.1, -0.05) is 6.58 Å². The summed E-state index contributed by atoms with van der Waals surface area (Å²) in [4.78, 5) is 22.5. The summed E-state index contributed by atoms with van der Waals surface area (Å²) in [5.41, 5.74) is -1.48. The molecule has 0 saturated carbocycles. The van der Waals surface area contributed by atoms with Crippen LogP contribution >= 0.6 is 0 Å². The van der Waals surface area contributed by atoms with Gasteiger partial charge in [0.1, 0.15) is 0 Å². The molecule has 206 valence electrons. The zero-order valence-corrected chi connectivity index (χ0v) is 16.2. The van der Waals surface area contributed by atoms with E-state index in [0.29, 0.717) is 0 Å². The number of halogens is 16. The van der Waals surface area contributed by atoms with Crippen LogP contribution < -0.4 is 0 Å². The molecular formula is C15H10F16O4. The Morgan fingerprint density at radius 2 is 0.943 bits per heavy atom. The number of alkyl halides is 16. The molecule has 0 fully saturated rings. The lowest BCUT2D eigenvalue weighted by Gasteiger charge is -2.32. The minimum Gasteiger partial charge on any atom is -0.459 e. The van der Waals surface area contributed by atoms with Gasteiger partial charge in [0, 0.05) is 5.57 Å². The summed E-state index contributed by atoms with van der Waals surface area (Å²) in [6, 6.07) is 0. The Morgan fingerprint density at radius 3 is 1.26 bits per heavy atom. The summed E-state index contributed by atoms with van der Waals surface area (Å²) in [5.74, 6) is -43.6. The first-order valence-corrected chi connectivity index (χ1v) is 8.13. The number of esters is 2. The molecule has 0 aliphatic heterocycles. The molecule has 0 rings (SSSR count). The van der Waals surface area contributed by atoms with Crippen LogP contribution in [0.25, 0.3) is 0 Å². The third-order valence-corrected chi connectivity index (χ3v) is 3.75. The van der Waals surface area contributed by atoms with Crippen LogP contribution in [0.3, 0.4) is 0 Å². The van der Waals surface area contributed by atoms with Crippen LogP contribution in [0.4, 0.5) is 70.2 Å². The number of carbonyl (C=O) groups excluding carboxylic acids is 2. The average Bonchev–Trinajstić information content (AvgIpc) is 2.69. The van der Waals surface area contributed by atoms with E-state index in [0.717, 1.165) is 0 Å². The van der Waals surface area contributed by atoms with E-state index in [1.807, 2.05) is 0 Å². The standard InChI is InChI=1S/C15H10F16O4/c1-5(7(33)35-4-11(22,23)15(30,31)13(26,27)9(18)19)2-6(32)34-3-10(20,21)14(28,29)12(24,25)8(16)17/h8-9H,1-4H2. The lowest BCUT2D eigenvalue weighted by Crippen LogP contribution is -2.59. The van der Waals surface area contributed by atoms with Gasteiger partial charge in [0.2, 0.25) is 0 Å². The van der Waals surface area contributed by atoms with E-state index in [2.05, 4.69) is 16.1 Å². The quantitative estimate of drug-likeness (QED) is 0.174. The second-order valence-electron chi connectivity index (χ2n) is 6.42. The van der Waals surface area contributed by atoms with Gasteiger partial charge in [-0.05, 0) is 0 Å². The molecule has 0 N–H and O–H groups in total. The van der Waals surface area contributed by atoms with Crippen molar-refractivity contribution in [2.24, 2.45) is 0 Å². The molecule has 0 atom stereocenters. The summed E-state index contributed by atoms with van der Waals surface area (Å²) in [5, 5.41) is 0. The van der Waals surface area contributed by atoms with Crippen molar-refractivity contribution in [2.45, 2.75) is 54.8 Å². The van der Waals surface area contributed by atoms with E-state index < -0.39 is 85.5 Å². The Bertz CT molecular complexity index is 792. The van der Waals surface area contributed by atoms with Gasteiger partial charge in [-0.3, -0.25) is 4.79 Å². The van der Waals surface area contributed by atoms with Crippen molar-refractivity contribution in [1.29, 1.82) is 0 Å². The van der Waals surface area contributed by atoms with E-state index >= 15 is 0 Å². The van der Waals surface area contributed by atoms with Crippen molar-refractivity contribution in [3.05, 3.63) is 12.2 Å². The molecule has 20 heteroatoms. The van der Waals surface area contributed by atoms with Crippen LogP contribution in [0.1, 0.15) is 6.42 Å². The number of hydrogen-bond donors (Lipinski definition) is 0. The first-order valence-electron chi connectivity index (χ1n) is 8.13. The molecule has 4 nitrogen and oxygen atoms in total. The Morgan fingerprint density at radius 1 is 0.629 bits per heavy atom. The molecule has 0 aromatic rings. The van der Waals surface area contributed by atoms with Crippen molar-refractivity contribution in [2.75, 3.05) is 13.2 Å². The molecule has 0 aromatic heterocycles. The zero-order chi connectivity index (χ0) is 28.4. The lowest BCUT2D eigenvalue weighted by molar-refractivity contribution is -0.344. The zero-order valence-electron chi connectivity index (χ0n) is 16.2. The number of rotatable bonds is 13. The molecule has 0 unspecified atom stereocenters. The first kappa shape index (κ1) is 32.6. The number of hydrogen-bond acceptors (Lipinski definition) is 4. The molecular weight excluding hydrogens is 548 g/mol. The van der Waals surface area contributed by atoms with E-state index in [1.54, 1.807) is 0 Å². The van der Waals surface area contributed by atoms with Crippen LogP contribution in [0.2, 0.25) is 0 Å². The molecule has 0 aliphatic rings. The van der Waals surface area contributed by atoms with E-state index in [1.165, 1.54) is 0 Å². The van der Waals surface area contributed by atoms with Crippen LogP contribution in [-0.2, 0) is 19.1 Å². The van der Waals surface area contributed by atoms with Crippen LogP contribution in [0.15, 0.2) is 12.2 Å². The van der Waals surface area contributed by atoms with Gasteiger partial charge in [-0.2, -0.15) is 52.7 Å². The number of carbonyl (C=O) groups is 2. The van der Waals surface area contributed by atoms with Crippen molar-refractivity contribution in [3.8, 4) is 0 Å². The lowest BCUT2D eigenvalue weighted by atomic mass is 10.1. The minimum atomic E-state index is -6.79.